The molecule has 0 aromatic heterocycles. The SMILES string of the molecule is CCOc1ccc(NC(=O)C2(N)CCC2)cc1OCC. The third kappa shape index (κ3) is 3.04. The van der Waals surface area contributed by atoms with E-state index >= 15 is 0 Å². The first-order chi connectivity index (χ1) is 9.59. The second-order valence-electron chi connectivity index (χ2n) is 4.99. The molecule has 1 aliphatic rings. The Morgan fingerprint density at radius 1 is 1.25 bits per heavy atom. The fourth-order valence-electron chi connectivity index (χ4n) is 2.17. The summed E-state index contributed by atoms with van der Waals surface area (Å²) in [6.45, 7) is 4.93. The van der Waals surface area contributed by atoms with Crippen LogP contribution in [-0.2, 0) is 4.79 Å². The lowest BCUT2D eigenvalue weighted by Crippen LogP contribution is -2.56. The molecule has 1 aromatic carbocycles. The number of nitrogens with one attached hydrogen (secondary N) is 1. The summed E-state index contributed by atoms with van der Waals surface area (Å²) in [4.78, 5) is 12.1. The minimum absolute atomic E-state index is 0.129. The highest BCUT2D eigenvalue weighted by molar-refractivity contribution is 5.98. The standard InChI is InChI=1S/C15H22N2O3/c1-3-19-12-7-6-11(10-13(12)20-4-2)17-14(18)15(16)8-5-9-15/h6-7,10H,3-5,8-9,16H2,1-2H3,(H,17,18). The second kappa shape index (κ2) is 6.13. The summed E-state index contributed by atoms with van der Waals surface area (Å²) in [5.41, 5.74) is 5.98. The van der Waals surface area contributed by atoms with E-state index in [9.17, 15) is 4.79 Å². The van der Waals surface area contributed by atoms with Crippen molar-refractivity contribution in [2.45, 2.75) is 38.6 Å². The molecule has 0 heterocycles. The Balaban J connectivity index is 2.11. The monoisotopic (exact) mass is 278 g/mol. The van der Waals surface area contributed by atoms with E-state index in [4.69, 9.17) is 15.2 Å². The molecule has 110 valence electrons. The number of hydrogen-bond donors (Lipinski definition) is 2. The molecule has 1 amide bonds. The van der Waals surface area contributed by atoms with Gasteiger partial charge in [0.2, 0.25) is 5.91 Å². The van der Waals surface area contributed by atoms with Crippen molar-refractivity contribution in [3.8, 4) is 11.5 Å². The summed E-state index contributed by atoms with van der Waals surface area (Å²) in [5, 5.41) is 2.85. The van der Waals surface area contributed by atoms with Crippen molar-refractivity contribution in [3.63, 3.8) is 0 Å². The van der Waals surface area contributed by atoms with Crippen LogP contribution in [0.25, 0.3) is 0 Å². The van der Waals surface area contributed by atoms with Gasteiger partial charge in [0.1, 0.15) is 0 Å². The predicted molar refractivity (Wildman–Crippen MR) is 78.2 cm³/mol. The largest absolute Gasteiger partial charge is 0.490 e. The maximum atomic E-state index is 12.1. The molecule has 0 spiro atoms. The number of hydrogen-bond acceptors (Lipinski definition) is 4. The molecule has 5 heteroatoms. The van der Waals surface area contributed by atoms with Crippen LogP contribution in [0.3, 0.4) is 0 Å². The molecule has 1 aromatic rings. The van der Waals surface area contributed by atoms with Crippen molar-refractivity contribution in [2.24, 2.45) is 5.73 Å². The number of rotatable bonds is 6. The summed E-state index contributed by atoms with van der Waals surface area (Å²) in [6, 6.07) is 5.37. The van der Waals surface area contributed by atoms with E-state index in [2.05, 4.69) is 5.32 Å². The van der Waals surface area contributed by atoms with E-state index in [0.29, 0.717) is 30.4 Å². The van der Waals surface area contributed by atoms with Crippen LogP contribution in [0.4, 0.5) is 5.69 Å². The van der Waals surface area contributed by atoms with E-state index < -0.39 is 5.54 Å². The number of carbonyl (C=O) groups excluding carboxylic acids is 1. The van der Waals surface area contributed by atoms with Gasteiger partial charge in [0.05, 0.1) is 18.8 Å². The van der Waals surface area contributed by atoms with E-state index in [1.165, 1.54) is 0 Å². The molecule has 0 aliphatic heterocycles. The quantitative estimate of drug-likeness (QED) is 0.837. The number of nitrogens with two attached hydrogens (primary N) is 1. The highest BCUT2D eigenvalue weighted by Crippen LogP contribution is 2.33. The van der Waals surface area contributed by atoms with E-state index in [0.717, 1.165) is 19.3 Å². The maximum absolute atomic E-state index is 12.1. The molecular formula is C15H22N2O3. The number of benzene rings is 1. The summed E-state index contributed by atoms with van der Waals surface area (Å²) in [7, 11) is 0. The fourth-order valence-corrected chi connectivity index (χ4v) is 2.17. The van der Waals surface area contributed by atoms with Crippen LogP contribution >= 0.6 is 0 Å². The van der Waals surface area contributed by atoms with Crippen molar-refractivity contribution >= 4 is 11.6 Å². The first kappa shape index (κ1) is 14.7. The molecule has 2 rings (SSSR count). The molecule has 0 radical (unpaired) electrons. The van der Waals surface area contributed by atoms with Crippen molar-refractivity contribution in [2.75, 3.05) is 18.5 Å². The lowest BCUT2D eigenvalue weighted by molar-refractivity contribution is -0.123. The molecule has 1 aliphatic carbocycles. The Morgan fingerprint density at radius 2 is 1.90 bits per heavy atom. The summed E-state index contributed by atoms with van der Waals surface area (Å²) in [5.74, 6) is 1.18. The van der Waals surface area contributed by atoms with Crippen LogP contribution in [-0.4, -0.2) is 24.7 Å². The molecule has 3 N–H and O–H groups in total. The predicted octanol–water partition coefficient (Wildman–Crippen LogP) is 2.30. The molecule has 1 fully saturated rings. The second-order valence-corrected chi connectivity index (χ2v) is 4.99. The number of anilines is 1. The Labute approximate surface area is 119 Å². The molecule has 0 atom stereocenters. The van der Waals surface area contributed by atoms with Gasteiger partial charge in [-0.1, -0.05) is 0 Å². The Morgan fingerprint density at radius 3 is 2.45 bits per heavy atom. The lowest BCUT2D eigenvalue weighted by Gasteiger charge is -2.36. The molecule has 0 unspecified atom stereocenters. The molecule has 0 saturated heterocycles. The van der Waals surface area contributed by atoms with Crippen LogP contribution in [0.5, 0.6) is 11.5 Å². The van der Waals surface area contributed by atoms with Crippen LogP contribution < -0.4 is 20.5 Å². The smallest absolute Gasteiger partial charge is 0.244 e. The van der Waals surface area contributed by atoms with Gasteiger partial charge in [-0.05, 0) is 45.2 Å². The van der Waals surface area contributed by atoms with Gasteiger partial charge in [-0.25, -0.2) is 0 Å². The van der Waals surface area contributed by atoms with Gasteiger partial charge in [0.15, 0.2) is 11.5 Å². The molecule has 5 nitrogen and oxygen atoms in total. The van der Waals surface area contributed by atoms with Crippen molar-refractivity contribution in [3.05, 3.63) is 18.2 Å². The van der Waals surface area contributed by atoms with Crippen molar-refractivity contribution in [1.82, 2.24) is 0 Å². The minimum atomic E-state index is -0.704. The summed E-state index contributed by atoms with van der Waals surface area (Å²) in [6.07, 6.45) is 2.50. The number of carbonyl (C=O) groups is 1. The third-order valence-corrected chi connectivity index (χ3v) is 3.50. The number of amides is 1. The fraction of sp³-hybridized carbons (Fsp3) is 0.533. The van der Waals surface area contributed by atoms with E-state index in [1.54, 1.807) is 18.2 Å². The van der Waals surface area contributed by atoms with Gasteiger partial charge in [-0.15, -0.1) is 0 Å². The molecule has 0 bridgehead atoms. The molecule has 1 saturated carbocycles. The van der Waals surface area contributed by atoms with E-state index in [-0.39, 0.29) is 5.91 Å². The Bertz CT molecular complexity index is 484. The Hall–Kier alpha value is -1.75. The molecular weight excluding hydrogens is 256 g/mol. The first-order valence-electron chi connectivity index (χ1n) is 7.09. The topological polar surface area (TPSA) is 73.6 Å². The van der Waals surface area contributed by atoms with Gasteiger partial charge in [-0.2, -0.15) is 0 Å². The van der Waals surface area contributed by atoms with Gasteiger partial charge in [0.25, 0.3) is 0 Å². The lowest BCUT2D eigenvalue weighted by atomic mass is 9.77. The third-order valence-electron chi connectivity index (χ3n) is 3.50. The normalized spacial score (nSPS) is 16.1. The summed E-state index contributed by atoms with van der Waals surface area (Å²) >= 11 is 0. The summed E-state index contributed by atoms with van der Waals surface area (Å²) < 4.78 is 11.0. The number of ether oxygens (including phenoxy) is 2. The zero-order valence-electron chi connectivity index (χ0n) is 12.1. The average Bonchev–Trinajstić information content (AvgIpc) is 2.39. The van der Waals surface area contributed by atoms with Crippen LogP contribution in [0.15, 0.2) is 18.2 Å². The maximum Gasteiger partial charge on any atom is 0.244 e. The first-order valence-corrected chi connectivity index (χ1v) is 7.09. The van der Waals surface area contributed by atoms with Crippen LogP contribution in [0, 0.1) is 0 Å². The highest BCUT2D eigenvalue weighted by atomic mass is 16.5. The van der Waals surface area contributed by atoms with Crippen LogP contribution in [0.1, 0.15) is 33.1 Å². The van der Waals surface area contributed by atoms with Gasteiger partial charge >= 0.3 is 0 Å². The van der Waals surface area contributed by atoms with Gasteiger partial charge < -0.3 is 20.5 Å². The van der Waals surface area contributed by atoms with Gasteiger partial charge in [0, 0.05) is 11.8 Å². The van der Waals surface area contributed by atoms with Crippen molar-refractivity contribution < 1.29 is 14.3 Å². The highest BCUT2D eigenvalue weighted by Gasteiger charge is 2.40. The zero-order valence-corrected chi connectivity index (χ0v) is 12.1. The van der Waals surface area contributed by atoms with E-state index in [1.807, 2.05) is 13.8 Å². The van der Waals surface area contributed by atoms with Gasteiger partial charge in [-0.3, -0.25) is 4.79 Å². The van der Waals surface area contributed by atoms with Crippen LogP contribution in [0.2, 0.25) is 0 Å². The zero-order chi connectivity index (χ0) is 14.6. The van der Waals surface area contributed by atoms with Crippen molar-refractivity contribution in [1.29, 1.82) is 0 Å². The molecule has 20 heavy (non-hydrogen) atoms. The minimum Gasteiger partial charge on any atom is -0.490 e. The average molecular weight is 278 g/mol. The Kier molecular flexibility index (Phi) is 4.49.